The first-order chi connectivity index (χ1) is 8.34. The highest BCUT2D eigenvalue weighted by atomic mass is 16.4. The number of hydrogen-bond donors (Lipinski definition) is 1. The second-order valence-electron chi connectivity index (χ2n) is 3.70. The molecule has 0 radical (unpaired) electrons. The van der Waals surface area contributed by atoms with E-state index >= 15 is 0 Å². The van der Waals surface area contributed by atoms with Gasteiger partial charge >= 0.3 is 0 Å². The summed E-state index contributed by atoms with van der Waals surface area (Å²) in [4.78, 5) is 8.01. The molecule has 1 N–H and O–H groups in total. The second-order valence-corrected chi connectivity index (χ2v) is 3.70. The molecule has 3 rings (SSSR count). The van der Waals surface area contributed by atoms with Crippen LogP contribution >= 0.6 is 0 Å². The molecule has 0 fully saturated rings. The number of benzene rings is 1. The van der Waals surface area contributed by atoms with Crippen LogP contribution < -0.4 is 0 Å². The molecule has 0 aliphatic carbocycles. The van der Waals surface area contributed by atoms with Crippen molar-refractivity contribution >= 4 is 11.0 Å². The van der Waals surface area contributed by atoms with E-state index in [0.29, 0.717) is 11.6 Å². The van der Waals surface area contributed by atoms with Gasteiger partial charge in [0, 0.05) is 17.8 Å². The fourth-order valence-corrected chi connectivity index (χ4v) is 1.72. The Morgan fingerprint density at radius 2 is 1.82 bits per heavy atom. The number of aromatic nitrogens is 2. The van der Waals surface area contributed by atoms with Gasteiger partial charge in [0.2, 0.25) is 0 Å². The summed E-state index contributed by atoms with van der Waals surface area (Å²) >= 11 is 0. The first-order valence-corrected chi connectivity index (χ1v) is 5.28. The second kappa shape index (κ2) is 3.99. The van der Waals surface area contributed by atoms with Crippen LogP contribution in [-0.2, 0) is 0 Å². The zero-order chi connectivity index (χ0) is 11.7. The number of furan rings is 1. The van der Waals surface area contributed by atoms with E-state index in [1.807, 2.05) is 24.3 Å². The van der Waals surface area contributed by atoms with Crippen molar-refractivity contribution in [3.8, 4) is 0 Å². The standard InChI is InChI=1S/C13H10N2O2/c16-12(13-14-6-3-7-15-13)11-8-9-4-1-2-5-10(9)17-11/h1-8,12,16H. The van der Waals surface area contributed by atoms with E-state index < -0.39 is 6.10 Å². The predicted molar refractivity (Wildman–Crippen MR) is 62.3 cm³/mol. The SMILES string of the molecule is OC(c1ncccn1)c1cc2ccccc2o1. The molecular weight excluding hydrogens is 216 g/mol. The normalized spacial score (nSPS) is 12.8. The van der Waals surface area contributed by atoms with Crippen LogP contribution in [0.25, 0.3) is 11.0 Å². The van der Waals surface area contributed by atoms with Crippen molar-refractivity contribution in [2.75, 3.05) is 0 Å². The minimum Gasteiger partial charge on any atom is -0.458 e. The molecule has 0 saturated carbocycles. The van der Waals surface area contributed by atoms with Crippen LogP contribution in [0, 0.1) is 0 Å². The molecule has 0 aliphatic heterocycles. The zero-order valence-electron chi connectivity index (χ0n) is 8.95. The van der Waals surface area contributed by atoms with Crippen molar-refractivity contribution in [2.45, 2.75) is 6.10 Å². The molecule has 84 valence electrons. The van der Waals surface area contributed by atoms with Crippen LogP contribution in [0.1, 0.15) is 17.7 Å². The van der Waals surface area contributed by atoms with Gasteiger partial charge < -0.3 is 9.52 Å². The zero-order valence-corrected chi connectivity index (χ0v) is 8.95. The van der Waals surface area contributed by atoms with Crippen molar-refractivity contribution < 1.29 is 9.52 Å². The number of rotatable bonds is 2. The fraction of sp³-hybridized carbons (Fsp3) is 0.0769. The third kappa shape index (κ3) is 1.79. The van der Waals surface area contributed by atoms with Gasteiger partial charge in [-0.15, -0.1) is 0 Å². The van der Waals surface area contributed by atoms with E-state index in [0.717, 1.165) is 11.0 Å². The predicted octanol–water partition coefficient (Wildman–Crippen LogP) is 2.30. The Labute approximate surface area is 97.6 Å². The molecule has 0 amide bonds. The van der Waals surface area contributed by atoms with Gasteiger partial charge in [-0.3, -0.25) is 0 Å². The van der Waals surface area contributed by atoms with Gasteiger partial charge in [-0.05, 0) is 18.2 Å². The molecule has 1 atom stereocenters. The molecule has 17 heavy (non-hydrogen) atoms. The lowest BCUT2D eigenvalue weighted by molar-refractivity contribution is 0.182. The molecule has 3 aromatic rings. The first-order valence-electron chi connectivity index (χ1n) is 5.28. The maximum absolute atomic E-state index is 10.1. The van der Waals surface area contributed by atoms with Gasteiger partial charge in [0.1, 0.15) is 11.3 Å². The smallest absolute Gasteiger partial charge is 0.171 e. The number of para-hydroxylation sites is 1. The Morgan fingerprint density at radius 1 is 1.06 bits per heavy atom. The molecule has 0 spiro atoms. The quantitative estimate of drug-likeness (QED) is 0.728. The van der Waals surface area contributed by atoms with Gasteiger partial charge in [0.15, 0.2) is 11.9 Å². The number of aliphatic hydroxyl groups excluding tert-OH is 1. The van der Waals surface area contributed by atoms with Crippen molar-refractivity contribution in [3.05, 3.63) is 60.4 Å². The van der Waals surface area contributed by atoms with Gasteiger partial charge in [-0.25, -0.2) is 9.97 Å². The summed E-state index contributed by atoms with van der Waals surface area (Å²) in [5.74, 6) is 0.795. The summed E-state index contributed by atoms with van der Waals surface area (Å²) in [5.41, 5.74) is 0.748. The number of hydrogen-bond acceptors (Lipinski definition) is 4. The molecule has 2 heterocycles. The van der Waals surface area contributed by atoms with Gasteiger partial charge in [0.25, 0.3) is 0 Å². The average molecular weight is 226 g/mol. The molecular formula is C13H10N2O2. The van der Waals surface area contributed by atoms with Gasteiger partial charge in [-0.2, -0.15) is 0 Å². The maximum atomic E-state index is 10.1. The van der Waals surface area contributed by atoms with Crippen molar-refractivity contribution in [3.63, 3.8) is 0 Å². The Kier molecular flexibility index (Phi) is 2.34. The van der Waals surface area contributed by atoms with Gasteiger partial charge in [-0.1, -0.05) is 18.2 Å². The van der Waals surface area contributed by atoms with E-state index in [9.17, 15) is 5.11 Å². The summed E-state index contributed by atoms with van der Waals surface area (Å²) in [7, 11) is 0. The van der Waals surface area contributed by atoms with Crippen molar-refractivity contribution in [1.82, 2.24) is 9.97 Å². The third-order valence-corrected chi connectivity index (χ3v) is 2.54. The Morgan fingerprint density at radius 3 is 2.59 bits per heavy atom. The van der Waals surface area contributed by atoms with E-state index in [-0.39, 0.29) is 0 Å². The lowest BCUT2D eigenvalue weighted by Gasteiger charge is -2.04. The topological polar surface area (TPSA) is 59.2 Å². The molecule has 1 aromatic carbocycles. The highest BCUT2D eigenvalue weighted by Gasteiger charge is 2.17. The fourth-order valence-electron chi connectivity index (χ4n) is 1.72. The van der Waals surface area contributed by atoms with Gasteiger partial charge in [0.05, 0.1) is 0 Å². The highest BCUT2D eigenvalue weighted by Crippen LogP contribution is 2.26. The Bertz CT molecular complexity index is 601. The monoisotopic (exact) mass is 226 g/mol. The third-order valence-electron chi connectivity index (χ3n) is 2.54. The lowest BCUT2D eigenvalue weighted by Crippen LogP contribution is -2.03. The van der Waals surface area contributed by atoms with Crippen LogP contribution in [0.3, 0.4) is 0 Å². The Balaban J connectivity index is 2.04. The molecule has 1 unspecified atom stereocenters. The van der Waals surface area contributed by atoms with E-state index in [1.54, 1.807) is 24.5 Å². The molecule has 4 heteroatoms. The van der Waals surface area contributed by atoms with Crippen molar-refractivity contribution in [1.29, 1.82) is 0 Å². The number of nitrogens with zero attached hydrogens (tertiary/aromatic N) is 2. The van der Waals surface area contributed by atoms with E-state index in [2.05, 4.69) is 9.97 Å². The number of fused-ring (bicyclic) bond motifs is 1. The van der Waals surface area contributed by atoms with Crippen LogP contribution in [0.2, 0.25) is 0 Å². The minimum absolute atomic E-state index is 0.339. The van der Waals surface area contributed by atoms with Crippen LogP contribution in [0.15, 0.2) is 53.2 Å². The average Bonchev–Trinajstić information content (AvgIpc) is 2.82. The summed E-state index contributed by atoms with van der Waals surface area (Å²) in [5, 5.41) is 11.0. The summed E-state index contributed by atoms with van der Waals surface area (Å²) in [6, 6.07) is 11.1. The van der Waals surface area contributed by atoms with E-state index in [1.165, 1.54) is 0 Å². The summed E-state index contributed by atoms with van der Waals surface area (Å²) < 4.78 is 5.55. The maximum Gasteiger partial charge on any atom is 0.171 e. The van der Waals surface area contributed by atoms with E-state index in [4.69, 9.17) is 4.42 Å². The first kappa shape index (κ1) is 9.99. The van der Waals surface area contributed by atoms with Crippen LogP contribution in [0.4, 0.5) is 0 Å². The molecule has 2 aromatic heterocycles. The summed E-state index contributed by atoms with van der Waals surface area (Å²) in [6.45, 7) is 0. The molecule has 0 bridgehead atoms. The van der Waals surface area contributed by atoms with Crippen LogP contribution in [0.5, 0.6) is 0 Å². The van der Waals surface area contributed by atoms with Crippen LogP contribution in [-0.4, -0.2) is 15.1 Å². The molecule has 4 nitrogen and oxygen atoms in total. The number of aliphatic hydroxyl groups is 1. The summed E-state index contributed by atoms with van der Waals surface area (Å²) in [6.07, 6.45) is 2.26. The largest absolute Gasteiger partial charge is 0.458 e. The minimum atomic E-state index is -0.927. The molecule has 0 saturated heterocycles. The Hall–Kier alpha value is -2.20. The van der Waals surface area contributed by atoms with Crippen molar-refractivity contribution in [2.24, 2.45) is 0 Å². The molecule has 0 aliphatic rings. The lowest BCUT2D eigenvalue weighted by atomic mass is 10.2. The highest BCUT2D eigenvalue weighted by molar-refractivity contribution is 5.77.